The number of hydrogen-bond acceptors (Lipinski definition) is 3. The molecule has 0 aromatic heterocycles. The second-order valence-electron chi connectivity index (χ2n) is 5.54. The standard InChI is InChI=1S/C18H21N3O2/c1-12-7-13(2)9-17(8-12)21-18(23)11-19-15-5-4-6-16(10-15)20-14(3)22/h4-10,19H,11H2,1-3H3,(H,20,22)(H,21,23). The van der Waals surface area contributed by atoms with Crippen molar-refractivity contribution in [1.29, 1.82) is 0 Å². The van der Waals surface area contributed by atoms with Gasteiger partial charge in [0.05, 0.1) is 6.54 Å². The van der Waals surface area contributed by atoms with Crippen molar-refractivity contribution in [3.63, 3.8) is 0 Å². The Morgan fingerprint density at radius 3 is 2.17 bits per heavy atom. The van der Waals surface area contributed by atoms with E-state index in [9.17, 15) is 9.59 Å². The van der Waals surface area contributed by atoms with Crippen LogP contribution in [0.15, 0.2) is 42.5 Å². The Bertz CT molecular complexity index is 706. The van der Waals surface area contributed by atoms with Gasteiger partial charge in [0.1, 0.15) is 0 Å². The summed E-state index contributed by atoms with van der Waals surface area (Å²) in [7, 11) is 0. The Morgan fingerprint density at radius 1 is 0.870 bits per heavy atom. The highest BCUT2D eigenvalue weighted by atomic mass is 16.2. The SMILES string of the molecule is CC(=O)Nc1cccc(NCC(=O)Nc2cc(C)cc(C)c2)c1. The Morgan fingerprint density at radius 2 is 1.52 bits per heavy atom. The van der Waals surface area contributed by atoms with E-state index < -0.39 is 0 Å². The van der Waals surface area contributed by atoms with Gasteiger partial charge in [0.25, 0.3) is 0 Å². The van der Waals surface area contributed by atoms with Gasteiger partial charge in [-0.2, -0.15) is 0 Å². The first-order valence-corrected chi connectivity index (χ1v) is 7.42. The summed E-state index contributed by atoms with van der Waals surface area (Å²) >= 11 is 0. The highest BCUT2D eigenvalue weighted by molar-refractivity contribution is 5.94. The van der Waals surface area contributed by atoms with Crippen LogP contribution in [0.1, 0.15) is 18.1 Å². The van der Waals surface area contributed by atoms with Crippen LogP contribution >= 0.6 is 0 Å². The van der Waals surface area contributed by atoms with Crippen LogP contribution < -0.4 is 16.0 Å². The number of carbonyl (C=O) groups is 2. The van der Waals surface area contributed by atoms with Gasteiger partial charge in [0.15, 0.2) is 0 Å². The van der Waals surface area contributed by atoms with Gasteiger partial charge in [-0.15, -0.1) is 0 Å². The quantitative estimate of drug-likeness (QED) is 0.793. The van der Waals surface area contributed by atoms with Crippen molar-refractivity contribution < 1.29 is 9.59 Å². The van der Waals surface area contributed by atoms with Crippen molar-refractivity contribution in [2.24, 2.45) is 0 Å². The highest BCUT2D eigenvalue weighted by Gasteiger charge is 2.04. The Hall–Kier alpha value is -2.82. The Balaban J connectivity index is 1.92. The monoisotopic (exact) mass is 311 g/mol. The molecule has 23 heavy (non-hydrogen) atoms. The van der Waals surface area contributed by atoms with Gasteiger partial charge in [-0.25, -0.2) is 0 Å². The number of carbonyl (C=O) groups excluding carboxylic acids is 2. The topological polar surface area (TPSA) is 70.2 Å². The number of benzene rings is 2. The molecule has 0 fully saturated rings. The van der Waals surface area contributed by atoms with Gasteiger partial charge in [-0.1, -0.05) is 12.1 Å². The highest BCUT2D eigenvalue weighted by Crippen LogP contribution is 2.16. The number of anilines is 3. The zero-order valence-electron chi connectivity index (χ0n) is 13.6. The van der Waals surface area contributed by atoms with Crippen molar-refractivity contribution in [2.45, 2.75) is 20.8 Å². The molecule has 5 nitrogen and oxygen atoms in total. The van der Waals surface area contributed by atoms with Crippen molar-refractivity contribution >= 4 is 28.9 Å². The van der Waals surface area contributed by atoms with E-state index in [1.807, 2.05) is 38.1 Å². The number of nitrogens with one attached hydrogen (secondary N) is 3. The summed E-state index contributed by atoms with van der Waals surface area (Å²) in [5.74, 6) is -0.255. The third kappa shape index (κ3) is 5.47. The predicted octanol–water partition coefficient (Wildman–Crippen LogP) is 3.31. The molecule has 5 heteroatoms. The molecule has 0 saturated carbocycles. The van der Waals surface area contributed by atoms with Crippen molar-refractivity contribution in [3.05, 3.63) is 53.6 Å². The van der Waals surface area contributed by atoms with Gasteiger partial charge in [-0.3, -0.25) is 9.59 Å². The van der Waals surface area contributed by atoms with E-state index in [4.69, 9.17) is 0 Å². The molecule has 0 aliphatic heterocycles. The lowest BCUT2D eigenvalue weighted by atomic mass is 10.1. The summed E-state index contributed by atoms with van der Waals surface area (Å²) in [6.45, 7) is 5.59. The van der Waals surface area contributed by atoms with Crippen LogP contribution in [0.3, 0.4) is 0 Å². The average molecular weight is 311 g/mol. The molecule has 0 bridgehead atoms. The first-order chi connectivity index (χ1) is 10.9. The molecular weight excluding hydrogens is 290 g/mol. The van der Waals surface area contributed by atoms with Crippen molar-refractivity contribution in [3.8, 4) is 0 Å². The van der Waals surface area contributed by atoms with Crippen LogP contribution in [0.4, 0.5) is 17.1 Å². The van der Waals surface area contributed by atoms with Gasteiger partial charge in [-0.05, 0) is 55.3 Å². The smallest absolute Gasteiger partial charge is 0.243 e. The minimum atomic E-state index is -0.130. The molecular formula is C18H21N3O2. The fourth-order valence-electron chi connectivity index (χ4n) is 2.34. The maximum absolute atomic E-state index is 12.0. The van der Waals surface area contributed by atoms with E-state index in [-0.39, 0.29) is 18.4 Å². The molecule has 0 saturated heterocycles. The Labute approximate surface area is 136 Å². The summed E-state index contributed by atoms with van der Waals surface area (Å²) < 4.78 is 0. The average Bonchev–Trinajstić information content (AvgIpc) is 2.43. The fraction of sp³-hybridized carbons (Fsp3) is 0.222. The summed E-state index contributed by atoms with van der Waals surface area (Å²) in [5.41, 5.74) is 4.47. The van der Waals surface area contributed by atoms with E-state index in [0.717, 1.165) is 22.5 Å². The summed E-state index contributed by atoms with van der Waals surface area (Å²) in [4.78, 5) is 23.1. The molecule has 0 aliphatic carbocycles. The molecule has 0 spiro atoms. The molecule has 0 aliphatic rings. The van der Waals surface area contributed by atoms with Gasteiger partial charge < -0.3 is 16.0 Å². The third-order valence-corrected chi connectivity index (χ3v) is 3.14. The predicted molar refractivity (Wildman–Crippen MR) is 93.8 cm³/mol. The van der Waals surface area contributed by atoms with E-state index in [0.29, 0.717) is 5.69 Å². The normalized spacial score (nSPS) is 10.0. The van der Waals surface area contributed by atoms with Crippen LogP contribution in [-0.2, 0) is 9.59 Å². The largest absolute Gasteiger partial charge is 0.376 e. The van der Waals surface area contributed by atoms with Gasteiger partial charge in [0.2, 0.25) is 11.8 Å². The molecule has 0 unspecified atom stereocenters. The maximum Gasteiger partial charge on any atom is 0.243 e. The summed E-state index contributed by atoms with van der Waals surface area (Å²) in [5, 5.41) is 8.62. The zero-order chi connectivity index (χ0) is 16.8. The molecule has 2 aromatic carbocycles. The van der Waals surface area contributed by atoms with Crippen LogP contribution in [0.2, 0.25) is 0 Å². The minimum absolute atomic E-state index is 0.125. The van der Waals surface area contributed by atoms with E-state index in [1.165, 1.54) is 6.92 Å². The minimum Gasteiger partial charge on any atom is -0.376 e. The second kappa shape index (κ2) is 7.45. The first-order valence-electron chi connectivity index (χ1n) is 7.42. The Kier molecular flexibility index (Phi) is 5.36. The van der Waals surface area contributed by atoms with Crippen LogP contribution in [0, 0.1) is 13.8 Å². The van der Waals surface area contributed by atoms with Crippen molar-refractivity contribution in [2.75, 3.05) is 22.5 Å². The summed E-state index contributed by atoms with van der Waals surface area (Å²) in [6.07, 6.45) is 0. The van der Waals surface area contributed by atoms with Gasteiger partial charge >= 0.3 is 0 Å². The van der Waals surface area contributed by atoms with Crippen LogP contribution in [0.25, 0.3) is 0 Å². The van der Waals surface area contributed by atoms with E-state index >= 15 is 0 Å². The van der Waals surface area contributed by atoms with E-state index in [2.05, 4.69) is 22.0 Å². The van der Waals surface area contributed by atoms with Crippen LogP contribution in [0.5, 0.6) is 0 Å². The van der Waals surface area contributed by atoms with Crippen molar-refractivity contribution in [1.82, 2.24) is 0 Å². The molecule has 2 aromatic rings. The fourth-order valence-corrected chi connectivity index (χ4v) is 2.34. The number of aryl methyl sites for hydroxylation is 2. The van der Waals surface area contributed by atoms with E-state index in [1.54, 1.807) is 12.1 Å². The molecule has 3 N–H and O–H groups in total. The molecule has 2 rings (SSSR count). The lowest BCUT2D eigenvalue weighted by molar-refractivity contribution is -0.115. The summed E-state index contributed by atoms with van der Waals surface area (Å²) in [6, 6.07) is 13.2. The molecule has 0 atom stereocenters. The number of rotatable bonds is 5. The lowest BCUT2D eigenvalue weighted by Gasteiger charge is -2.10. The van der Waals surface area contributed by atoms with Gasteiger partial charge in [0, 0.05) is 24.0 Å². The maximum atomic E-state index is 12.0. The zero-order valence-corrected chi connectivity index (χ0v) is 13.6. The second-order valence-corrected chi connectivity index (χ2v) is 5.54. The first kappa shape index (κ1) is 16.5. The van der Waals surface area contributed by atoms with Crippen LogP contribution in [-0.4, -0.2) is 18.4 Å². The lowest BCUT2D eigenvalue weighted by Crippen LogP contribution is -2.21. The third-order valence-electron chi connectivity index (χ3n) is 3.14. The number of hydrogen-bond donors (Lipinski definition) is 3. The number of amides is 2. The molecule has 0 heterocycles. The molecule has 0 radical (unpaired) electrons. The molecule has 2 amide bonds. The molecule has 120 valence electrons.